The molecule has 0 aliphatic heterocycles. The number of hydrogen-bond donors (Lipinski definition) is 1. The van der Waals surface area contributed by atoms with Crippen LogP contribution in [-0.4, -0.2) is 27.8 Å². The number of thiazole rings is 1. The van der Waals surface area contributed by atoms with Gasteiger partial charge in [0.15, 0.2) is 6.10 Å². The molecule has 0 aliphatic carbocycles. The number of nitrogens with zero attached hydrogens (tertiary/aromatic N) is 1. The molecule has 0 bridgehead atoms. The third-order valence-corrected chi connectivity index (χ3v) is 4.65. The van der Waals surface area contributed by atoms with Gasteiger partial charge in [-0.25, -0.2) is 9.78 Å². The number of rotatable bonds is 4. The van der Waals surface area contributed by atoms with E-state index in [1.807, 2.05) is 31.2 Å². The quantitative estimate of drug-likeness (QED) is 0.586. The number of aromatic amines is 1. The van der Waals surface area contributed by atoms with Crippen LogP contribution in [0.5, 0.6) is 0 Å². The molecular weight excluding hydrogens is 312 g/mol. The van der Waals surface area contributed by atoms with Gasteiger partial charge in [0, 0.05) is 22.7 Å². The van der Waals surface area contributed by atoms with E-state index in [4.69, 9.17) is 4.74 Å². The van der Waals surface area contributed by atoms with E-state index in [9.17, 15) is 9.59 Å². The molecule has 23 heavy (non-hydrogen) atoms. The molecule has 0 saturated carbocycles. The van der Waals surface area contributed by atoms with Crippen molar-refractivity contribution in [3.63, 3.8) is 0 Å². The lowest BCUT2D eigenvalue weighted by atomic mass is 10.1. The van der Waals surface area contributed by atoms with Gasteiger partial charge in [0.1, 0.15) is 4.88 Å². The summed E-state index contributed by atoms with van der Waals surface area (Å²) < 4.78 is 5.33. The molecule has 3 rings (SSSR count). The summed E-state index contributed by atoms with van der Waals surface area (Å²) in [6, 6.07) is 7.52. The molecule has 0 spiro atoms. The number of ketones is 1. The van der Waals surface area contributed by atoms with Gasteiger partial charge >= 0.3 is 5.97 Å². The molecule has 5 nitrogen and oxygen atoms in total. The Kier molecular flexibility index (Phi) is 4.00. The first-order valence-corrected chi connectivity index (χ1v) is 8.04. The van der Waals surface area contributed by atoms with Crippen LogP contribution in [0.1, 0.15) is 37.7 Å². The van der Waals surface area contributed by atoms with E-state index < -0.39 is 12.1 Å². The molecule has 2 heterocycles. The Labute approximate surface area is 137 Å². The van der Waals surface area contributed by atoms with Crippen LogP contribution in [0.4, 0.5) is 0 Å². The molecule has 1 atom stereocenters. The summed E-state index contributed by atoms with van der Waals surface area (Å²) in [6.45, 7) is 5.17. The number of hydrogen-bond acceptors (Lipinski definition) is 5. The Morgan fingerprint density at radius 2 is 2.00 bits per heavy atom. The van der Waals surface area contributed by atoms with Crippen LogP contribution in [0.25, 0.3) is 10.9 Å². The summed E-state index contributed by atoms with van der Waals surface area (Å²) in [4.78, 5) is 32.5. The molecule has 3 aromatic rings. The number of para-hydroxylation sites is 1. The molecule has 1 aromatic carbocycles. The molecule has 0 amide bonds. The second-order valence-electron chi connectivity index (χ2n) is 5.31. The van der Waals surface area contributed by atoms with Crippen molar-refractivity contribution in [1.29, 1.82) is 0 Å². The van der Waals surface area contributed by atoms with Crippen LogP contribution in [0, 0.1) is 13.8 Å². The summed E-state index contributed by atoms with van der Waals surface area (Å²) in [5.74, 6) is -0.733. The second-order valence-corrected chi connectivity index (χ2v) is 6.51. The van der Waals surface area contributed by atoms with Gasteiger partial charge < -0.3 is 9.72 Å². The number of carbonyl (C=O) groups is 2. The number of nitrogens with one attached hydrogen (secondary N) is 1. The van der Waals surface area contributed by atoms with Gasteiger partial charge in [-0.05, 0) is 26.8 Å². The number of H-pyrrole nitrogens is 1. The Balaban J connectivity index is 1.80. The highest BCUT2D eigenvalue weighted by molar-refractivity contribution is 7.13. The van der Waals surface area contributed by atoms with Crippen molar-refractivity contribution >= 4 is 34.0 Å². The summed E-state index contributed by atoms with van der Waals surface area (Å²) >= 11 is 1.27. The molecule has 0 saturated heterocycles. The molecule has 2 aromatic heterocycles. The first kappa shape index (κ1) is 15.4. The van der Waals surface area contributed by atoms with E-state index in [0.717, 1.165) is 15.9 Å². The fraction of sp³-hybridized carbons (Fsp3) is 0.235. The first-order valence-electron chi connectivity index (χ1n) is 7.22. The number of fused-ring (bicyclic) bond motifs is 1. The molecule has 1 N–H and O–H groups in total. The molecule has 0 fully saturated rings. The highest BCUT2D eigenvalue weighted by Gasteiger charge is 2.24. The number of Topliss-reactive ketones (excluding diaryl/α,β-unsaturated/α-hetero) is 1. The zero-order chi connectivity index (χ0) is 16.6. The van der Waals surface area contributed by atoms with Crippen LogP contribution < -0.4 is 0 Å². The van der Waals surface area contributed by atoms with Gasteiger partial charge in [-0.1, -0.05) is 18.2 Å². The first-order chi connectivity index (χ1) is 11.0. The highest BCUT2D eigenvalue weighted by atomic mass is 32.1. The normalized spacial score (nSPS) is 12.3. The van der Waals surface area contributed by atoms with E-state index >= 15 is 0 Å². The van der Waals surface area contributed by atoms with Crippen molar-refractivity contribution in [2.45, 2.75) is 26.9 Å². The van der Waals surface area contributed by atoms with Crippen molar-refractivity contribution in [2.75, 3.05) is 0 Å². The maximum Gasteiger partial charge on any atom is 0.350 e. The summed E-state index contributed by atoms with van der Waals surface area (Å²) in [6.07, 6.45) is 0.794. The lowest BCUT2D eigenvalue weighted by molar-refractivity contribution is 0.0323. The fourth-order valence-corrected chi connectivity index (χ4v) is 3.29. The molecule has 0 aliphatic rings. The molecular formula is C17H16N2O3S. The predicted molar refractivity (Wildman–Crippen MR) is 89.1 cm³/mol. The Morgan fingerprint density at radius 1 is 1.26 bits per heavy atom. The Bertz CT molecular complexity index is 894. The van der Waals surface area contributed by atoms with Gasteiger partial charge in [-0.15, -0.1) is 11.3 Å². The van der Waals surface area contributed by atoms with Crippen molar-refractivity contribution in [1.82, 2.24) is 9.97 Å². The number of carbonyl (C=O) groups excluding carboxylic acids is 2. The largest absolute Gasteiger partial charge is 0.450 e. The standard InChI is InChI=1S/C17H16N2O3S/c1-9-16(23-11(3)19-9)17(21)22-10(2)15(20)13-8-18-14-7-5-4-6-12(13)14/h4-8,10,18H,1-3H3/t10-/m0/s1. The number of ether oxygens (including phenoxy) is 1. The van der Waals surface area contributed by atoms with E-state index in [-0.39, 0.29) is 5.78 Å². The third kappa shape index (κ3) is 2.90. The summed E-state index contributed by atoms with van der Waals surface area (Å²) in [7, 11) is 0. The Hall–Kier alpha value is -2.47. The van der Waals surface area contributed by atoms with Gasteiger partial charge in [-0.2, -0.15) is 0 Å². The fourth-order valence-electron chi connectivity index (χ4n) is 2.48. The van der Waals surface area contributed by atoms with Crippen molar-refractivity contribution in [3.8, 4) is 0 Å². The zero-order valence-corrected chi connectivity index (χ0v) is 13.9. The monoisotopic (exact) mass is 328 g/mol. The van der Waals surface area contributed by atoms with E-state index in [1.165, 1.54) is 11.3 Å². The van der Waals surface area contributed by atoms with Gasteiger partial charge in [-0.3, -0.25) is 4.79 Å². The van der Waals surface area contributed by atoms with Gasteiger partial charge in [0.25, 0.3) is 0 Å². The lowest BCUT2D eigenvalue weighted by Crippen LogP contribution is -2.24. The minimum absolute atomic E-state index is 0.227. The summed E-state index contributed by atoms with van der Waals surface area (Å²) in [5.41, 5.74) is 2.03. The van der Waals surface area contributed by atoms with Crippen LogP contribution in [-0.2, 0) is 4.74 Å². The van der Waals surface area contributed by atoms with Crippen LogP contribution in [0.15, 0.2) is 30.5 Å². The predicted octanol–water partition coefficient (Wildman–Crippen LogP) is 3.67. The van der Waals surface area contributed by atoms with Crippen LogP contribution in [0.2, 0.25) is 0 Å². The minimum atomic E-state index is -0.858. The molecule has 0 unspecified atom stereocenters. The highest BCUT2D eigenvalue weighted by Crippen LogP contribution is 2.22. The zero-order valence-electron chi connectivity index (χ0n) is 13.0. The lowest BCUT2D eigenvalue weighted by Gasteiger charge is -2.11. The van der Waals surface area contributed by atoms with Crippen molar-refractivity contribution in [2.24, 2.45) is 0 Å². The van der Waals surface area contributed by atoms with E-state index in [1.54, 1.807) is 20.0 Å². The number of esters is 1. The van der Waals surface area contributed by atoms with Crippen LogP contribution >= 0.6 is 11.3 Å². The number of aryl methyl sites for hydroxylation is 2. The molecule has 6 heteroatoms. The third-order valence-electron chi connectivity index (χ3n) is 3.60. The van der Waals surface area contributed by atoms with Crippen LogP contribution in [0.3, 0.4) is 0 Å². The van der Waals surface area contributed by atoms with Crippen molar-refractivity contribution < 1.29 is 14.3 Å². The number of aromatic nitrogens is 2. The smallest absolute Gasteiger partial charge is 0.350 e. The molecule has 0 radical (unpaired) electrons. The number of benzene rings is 1. The maximum atomic E-state index is 12.6. The SMILES string of the molecule is Cc1nc(C)c(C(=O)O[C@@H](C)C(=O)c2c[nH]c3ccccc23)s1. The van der Waals surface area contributed by atoms with Gasteiger partial charge in [0.05, 0.1) is 10.7 Å². The van der Waals surface area contributed by atoms with E-state index in [0.29, 0.717) is 16.1 Å². The molecule has 118 valence electrons. The second kappa shape index (κ2) is 5.96. The van der Waals surface area contributed by atoms with Gasteiger partial charge in [0.2, 0.25) is 5.78 Å². The van der Waals surface area contributed by atoms with E-state index in [2.05, 4.69) is 9.97 Å². The maximum absolute atomic E-state index is 12.6. The average molecular weight is 328 g/mol. The Morgan fingerprint density at radius 3 is 2.70 bits per heavy atom. The minimum Gasteiger partial charge on any atom is -0.450 e. The topological polar surface area (TPSA) is 72.0 Å². The average Bonchev–Trinajstić information content (AvgIpc) is 3.09. The summed E-state index contributed by atoms with van der Waals surface area (Å²) in [5, 5.41) is 1.62. The van der Waals surface area contributed by atoms with Crippen molar-refractivity contribution in [3.05, 3.63) is 51.6 Å².